The Labute approximate surface area is 191 Å². The Hall–Kier alpha value is -2.50. The standard InChI is InChI=1S/C24H23Cl2N3O2/c25-17-12-10-15(11-13-17)22-23-21(28-29(22)20-9-2-1-7-18(20)26)19(8-4-14-31-23)27-24(30)16-5-3-6-16/h1-2,7,9-13,16,19H,3-6,8,14H2,(H,27,30). The van der Waals surface area contributed by atoms with E-state index >= 15 is 0 Å². The summed E-state index contributed by atoms with van der Waals surface area (Å²) in [4.78, 5) is 12.7. The molecule has 1 aliphatic heterocycles. The fourth-order valence-corrected chi connectivity index (χ4v) is 4.49. The first-order chi connectivity index (χ1) is 15.1. The number of carbonyl (C=O) groups excluding carboxylic acids is 1. The summed E-state index contributed by atoms with van der Waals surface area (Å²) in [7, 11) is 0. The van der Waals surface area contributed by atoms with E-state index in [0.29, 0.717) is 22.4 Å². The molecule has 1 saturated carbocycles. The molecule has 2 aliphatic rings. The molecule has 0 bridgehead atoms. The average Bonchev–Trinajstić information content (AvgIpc) is 2.98. The van der Waals surface area contributed by atoms with Gasteiger partial charge in [0, 0.05) is 16.5 Å². The molecule has 0 radical (unpaired) electrons. The number of benzene rings is 2. The van der Waals surface area contributed by atoms with Gasteiger partial charge >= 0.3 is 0 Å². The first-order valence-corrected chi connectivity index (χ1v) is 11.4. The van der Waals surface area contributed by atoms with Crippen molar-refractivity contribution in [2.45, 2.75) is 38.1 Å². The number of nitrogens with one attached hydrogen (secondary N) is 1. The predicted molar refractivity (Wildman–Crippen MR) is 122 cm³/mol. The molecule has 7 heteroatoms. The van der Waals surface area contributed by atoms with E-state index in [1.54, 1.807) is 0 Å². The van der Waals surface area contributed by atoms with Gasteiger partial charge in [0.1, 0.15) is 11.4 Å². The Kier molecular flexibility index (Phi) is 5.63. The summed E-state index contributed by atoms with van der Waals surface area (Å²) in [5, 5.41) is 9.42. The highest BCUT2D eigenvalue weighted by molar-refractivity contribution is 6.32. The summed E-state index contributed by atoms with van der Waals surface area (Å²) in [5.41, 5.74) is 3.23. The lowest BCUT2D eigenvalue weighted by Crippen LogP contribution is -2.37. The maximum atomic E-state index is 12.7. The highest BCUT2D eigenvalue weighted by atomic mass is 35.5. The van der Waals surface area contributed by atoms with Crippen LogP contribution in [0.2, 0.25) is 10.0 Å². The van der Waals surface area contributed by atoms with Crippen LogP contribution < -0.4 is 10.1 Å². The molecule has 1 unspecified atom stereocenters. The second-order valence-corrected chi connectivity index (χ2v) is 8.96. The molecule has 5 rings (SSSR count). The molecule has 3 aromatic rings. The van der Waals surface area contributed by atoms with Gasteiger partial charge in [0.05, 0.1) is 23.4 Å². The predicted octanol–water partition coefficient (Wildman–Crippen LogP) is 5.98. The van der Waals surface area contributed by atoms with Crippen molar-refractivity contribution in [3.63, 3.8) is 0 Å². The number of halogens is 2. The van der Waals surface area contributed by atoms with E-state index in [9.17, 15) is 4.79 Å². The monoisotopic (exact) mass is 455 g/mol. The molecule has 1 fully saturated rings. The quantitative estimate of drug-likeness (QED) is 0.526. The molecule has 2 heterocycles. The molecule has 1 atom stereocenters. The number of para-hydroxylation sites is 1. The molecule has 0 spiro atoms. The molecule has 1 aromatic heterocycles. The zero-order chi connectivity index (χ0) is 21.4. The zero-order valence-electron chi connectivity index (χ0n) is 17.0. The van der Waals surface area contributed by atoms with E-state index in [0.717, 1.165) is 54.7 Å². The van der Waals surface area contributed by atoms with Gasteiger partial charge in [-0.1, -0.05) is 53.9 Å². The number of hydrogen-bond acceptors (Lipinski definition) is 3. The van der Waals surface area contributed by atoms with Gasteiger partial charge < -0.3 is 10.1 Å². The van der Waals surface area contributed by atoms with E-state index in [1.807, 2.05) is 53.2 Å². The van der Waals surface area contributed by atoms with E-state index < -0.39 is 0 Å². The van der Waals surface area contributed by atoms with Crippen molar-refractivity contribution in [1.82, 2.24) is 15.1 Å². The Morgan fingerprint density at radius 3 is 2.52 bits per heavy atom. The Morgan fingerprint density at radius 2 is 1.81 bits per heavy atom. The van der Waals surface area contributed by atoms with Gasteiger partial charge in [-0.2, -0.15) is 5.10 Å². The summed E-state index contributed by atoms with van der Waals surface area (Å²) in [6.45, 7) is 0.567. The fraction of sp³-hybridized carbons (Fsp3) is 0.333. The first kappa shape index (κ1) is 20.4. The minimum atomic E-state index is -0.194. The van der Waals surface area contributed by atoms with Gasteiger partial charge in [0.25, 0.3) is 0 Å². The van der Waals surface area contributed by atoms with Crippen molar-refractivity contribution < 1.29 is 9.53 Å². The van der Waals surface area contributed by atoms with Gasteiger partial charge in [-0.25, -0.2) is 4.68 Å². The lowest BCUT2D eigenvalue weighted by atomic mass is 9.84. The van der Waals surface area contributed by atoms with Gasteiger partial charge in [0.15, 0.2) is 5.75 Å². The minimum absolute atomic E-state index is 0.115. The molecule has 2 aromatic carbocycles. The first-order valence-electron chi connectivity index (χ1n) is 10.7. The van der Waals surface area contributed by atoms with Crippen LogP contribution in [-0.2, 0) is 4.79 Å². The highest BCUT2D eigenvalue weighted by Crippen LogP contribution is 2.42. The zero-order valence-corrected chi connectivity index (χ0v) is 18.5. The lowest BCUT2D eigenvalue weighted by molar-refractivity contribution is -0.128. The normalized spacial score (nSPS) is 18.5. The van der Waals surface area contributed by atoms with Gasteiger partial charge in [0.2, 0.25) is 5.91 Å². The van der Waals surface area contributed by atoms with Crippen molar-refractivity contribution in [2.24, 2.45) is 5.92 Å². The topological polar surface area (TPSA) is 56.1 Å². The fourth-order valence-electron chi connectivity index (χ4n) is 4.15. The second-order valence-electron chi connectivity index (χ2n) is 8.11. The number of nitrogens with zero attached hydrogens (tertiary/aromatic N) is 2. The molecule has 160 valence electrons. The molecule has 5 nitrogen and oxygen atoms in total. The van der Waals surface area contributed by atoms with Crippen LogP contribution in [0.25, 0.3) is 16.9 Å². The molecule has 0 saturated heterocycles. The molecule has 1 aliphatic carbocycles. The maximum Gasteiger partial charge on any atom is 0.223 e. The van der Waals surface area contributed by atoms with Crippen LogP contribution in [0.3, 0.4) is 0 Å². The van der Waals surface area contributed by atoms with Crippen LogP contribution in [0.15, 0.2) is 48.5 Å². The number of carbonyl (C=O) groups is 1. The molecule has 1 N–H and O–H groups in total. The van der Waals surface area contributed by atoms with Crippen LogP contribution in [0.4, 0.5) is 0 Å². The Bertz CT molecular complexity index is 1110. The van der Waals surface area contributed by atoms with E-state index in [-0.39, 0.29) is 17.9 Å². The van der Waals surface area contributed by atoms with Crippen LogP contribution in [0.5, 0.6) is 5.75 Å². The summed E-state index contributed by atoms with van der Waals surface area (Å²) < 4.78 is 8.03. The minimum Gasteiger partial charge on any atom is -0.489 e. The van der Waals surface area contributed by atoms with Crippen LogP contribution >= 0.6 is 23.2 Å². The van der Waals surface area contributed by atoms with Crippen molar-refractivity contribution in [3.05, 3.63) is 64.3 Å². The highest BCUT2D eigenvalue weighted by Gasteiger charge is 2.33. The van der Waals surface area contributed by atoms with E-state index in [2.05, 4.69) is 5.32 Å². The second kappa shape index (κ2) is 8.56. The lowest BCUT2D eigenvalue weighted by Gasteiger charge is -2.26. The molecular formula is C24H23Cl2N3O2. The SMILES string of the molecule is O=C(NC1CCCOc2c1nn(-c1ccccc1Cl)c2-c1ccc(Cl)cc1)C1CCC1. The average molecular weight is 456 g/mol. The number of fused-ring (bicyclic) bond motifs is 1. The Balaban J connectivity index is 1.64. The van der Waals surface area contributed by atoms with E-state index in [1.165, 1.54) is 0 Å². The maximum absolute atomic E-state index is 12.7. The van der Waals surface area contributed by atoms with Crippen LogP contribution in [0.1, 0.15) is 43.8 Å². The third-order valence-electron chi connectivity index (χ3n) is 6.07. The summed E-state index contributed by atoms with van der Waals surface area (Å²) >= 11 is 12.7. The number of hydrogen-bond donors (Lipinski definition) is 1. The molecule has 1 amide bonds. The summed E-state index contributed by atoms with van der Waals surface area (Å²) in [5.74, 6) is 0.928. The van der Waals surface area contributed by atoms with Crippen molar-refractivity contribution in [1.29, 1.82) is 0 Å². The summed E-state index contributed by atoms with van der Waals surface area (Å²) in [6, 6.07) is 15.0. The van der Waals surface area contributed by atoms with Crippen molar-refractivity contribution in [2.75, 3.05) is 6.61 Å². The van der Waals surface area contributed by atoms with Crippen LogP contribution in [-0.4, -0.2) is 22.3 Å². The number of aromatic nitrogens is 2. The number of amides is 1. The largest absolute Gasteiger partial charge is 0.489 e. The third-order valence-corrected chi connectivity index (χ3v) is 6.64. The molecule has 31 heavy (non-hydrogen) atoms. The van der Waals surface area contributed by atoms with E-state index in [4.69, 9.17) is 33.0 Å². The van der Waals surface area contributed by atoms with Crippen LogP contribution in [0, 0.1) is 5.92 Å². The van der Waals surface area contributed by atoms with Crippen molar-refractivity contribution >= 4 is 29.1 Å². The third kappa shape index (κ3) is 3.92. The summed E-state index contributed by atoms with van der Waals surface area (Å²) in [6.07, 6.45) is 4.68. The Morgan fingerprint density at radius 1 is 1.03 bits per heavy atom. The number of rotatable bonds is 4. The molecular weight excluding hydrogens is 433 g/mol. The number of ether oxygens (including phenoxy) is 1. The van der Waals surface area contributed by atoms with Gasteiger partial charge in [-0.05, 0) is 49.9 Å². The van der Waals surface area contributed by atoms with Gasteiger partial charge in [-0.15, -0.1) is 0 Å². The smallest absolute Gasteiger partial charge is 0.223 e. The van der Waals surface area contributed by atoms with Crippen molar-refractivity contribution in [3.8, 4) is 22.7 Å². The van der Waals surface area contributed by atoms with Gasteiger partial charge in [-0.3, -0.25) is 4.79 Å².